The summed E-state index contributed by atoms with van der Waals surface area (Å²) in [6, 6.07) is 0.156. The maximum atomic E-state index is 11.6. The molecule has 1 aromatic heterocycles. The summed E-state index contributed by atoms with van der Waals surface area (Å²) in [7, 11) is 0. The zero-order valence-electron chi connectivity index (χ0n) is 9.65. The maximum absolute atomic E-state index is 11.6. The Morgan fingerprint density at radius 1 is 1.71 bits per heavy atom. The Bertz CT molecular complexity index is 336. The quantitative estimate of drug-likeness (QED) is 0.788. The molecule has 0 radical (unpaired) electrons. The Hall–Kier alpha value is -0.980. The molecule has 0 spiro atoms. The summed E-state index contributed by atoms with van der Waals surface area (Å²) in [6.07, 6.45) is 3.07. The fourth-order valence-corrected chi connectivity index (χ4v) is 2.35. The summed E-state index contributed by atoms with van der Waals surface area (Å²) in [5.41, 5.74) is 0. The van der Waals surface area contributed by atoms with Crippen molar-refractivity contribution < 1.29 is 9.53 Å². The van der Waals surface area contributed by atoms with Crippen LogP contribution in [-0.4, -0.2) is 43.2 Å². The largest absolute Gasteiger partial charge is 0.378 e. The van der Waals surface area contributed by atoms with Gasteiger partial charge in [0.25, 0.3) is 0 Å². The van der Waals surface area contributed by atoms with E-state index in [4.69, 9.17) is 4.74 Å². The number of morpholine rings is 1. The van der Waals surface area contributed by atoms with E-state index in [1.807, 2.05) is 5.38 Å². The van der Waals surface area contributed by atoms with Gasteiger partial charge in [0.1, 0.15) is 0 Å². The lowest BCUT2D eigenvalue weighted by molar-refractivity contribution is -0.122. The molecule has 1 fully saturated rings. The van der Waals surface area contributed by atoms with Crippen LogP contribution in [0, 0.1) is 0 Å². The van der Waals surface area contributed by atoms with Crippen LogP contribution < -0.4 is 10.6 Å². The van der Waals surface area contributed by atoms with Gasteiger partial charge in [-0.1, -0.05) is 0 Å². The Labute approximate surface area is 105 Å². The number of carbonyl (C=O) groups is 1. The molecule has 1 aromatic rings. The Morgan fingerprint density at radius 3 is 3.35 bits per heavy atom. The minimum absolute atomic E-state index is 0.0737. The van der Waals surface area contributed by atoms with Gasteiger partial charge in [-0.25, -0.2) is 4.98 Å². The highest BCUT2D eigenvalue weighted by molar-refractivity contribution is 7.09. The third-order valence-electron chi connectivity index (χ3n) is 2.57. The predicted octanol–water partition coefficient (Wildman–Crippen LogP) is 0.180. The van der Waals surface area contributed by atoms with Gasteiger partial charge in [0.05, 0.1) is 18.2 Å². The van der Waals surface area contributed by atoms with Crippen LogP contribution in [0.5, 0.6) is 0 Å². The maximum Gasteiger partial charge on any atom is 0.221 e. The molecule has 0 bridgehead atoms. The van der Waals surface area contributed by atoms with E-state index in [-0.39, 0.29) is 11.9 Å². The summed E-state index contributed by atoms with van der Waals surface area (Å²) >= 11 is 1.62. The van der Waals surface area contributed by atoms with Crippen molar-refractivity contribution in [2.24, 2.45) is 0 Å². The highest BCUT2D eigenvalue weighted by Gasteiger charge is 2.16. The molecule has 1 saturated heterocycles. The smallest absolute Gasteiger partial charge is 0.221 e. The SMILES string of the molecule is O=C(CC1COCCN1)NCCc1nccs1. The number of thiazole rings is 1. The van der Waals surface area contributed by atoms with E-state index in [1.165, 1.54) is 0 Å². The topological polar surface area (TPSA) is 63.2 Å². The Morgan fingerprint density at radius 2 is 2.65 bits per heavy atom. The van der Waals surface area contributed by atoms with Crippen molar-refractivity contribution in [3.63, 3.8) is 0 Å². The van der Waals surface area contributed by atoms with Gasteiger partial charge in [0.2, 0.25) is 5.91 Å². The van der Waals surface area contributed by atoms with E-state index < -0.39 is 0 Å². The van der Waals surface area contributed by atoms with Crippen LogP contribution in [0.4, 0.5) is 0 Å². The molecule has 1 aliphatic heterocycles. The van der Waals surface area contributed by atoms with Gasteiger partial charge in [0, 0.05) is 43.5 Å². The van der Waals surface area contributed by atoms with E-state index in [0.717, 1.165) is 24.6 Å². The Kier molecular flexibility index (Phi) is 4.90. The second-order valence-electron chi connectivity index (χ2n) is 3.96. The molecule has 2 N–H and O–H groups in total. The summed E-state index contributed by atoms with van der Waals surface area (Å²) < 4.78 is 5.30. The van der Waals surface area contributed by atoms with Crippen molar-refractivity contribution in [2.75, 3.05) is 26.3 Å². The number of rotatable bonds is 5. The van der Waals surface area contributed by atoms with Crippen LogP contribution in [0.3, 0.4) is 0 Å². The average molecular weight is 255 g/mol. The van der Waals surface area contributed by atoms with Gasteiger partial charge in [-0.2, -0.15) is 0 Å². The molecule has 6 heteroatoms. The highest BCUT2D eigenvalue weighted by Crippen LogP contribution is 2.03. The third-order valence-corrected chi connectivity index (χ3v) is 3.41. The molecule has 1 unspecified atom stereocenters. The van der Waals surface area contributed by atoms with Gasteiger partial charge in [0.15, 0.2) is 0 Å². The van der Waals surface area contributed by atoms with E-state index in [0.29, 0.717) is 19.6 Å². The zero-order valence-corrected chi connectivity index (χ0v) is 10.5. The first-order valence-corrected chi connectivity index (χ1v) is 6.69. The standard InChI is InChI=1S/C11H17N3O2S/c15-10(7-9-8-16-5-3-12-9)13-2-1-11-14-4-6-17-11/h4,6,9,12H,1-3,5,7-8H2,(H,13,15). The van der Waals surface area contributed by atoms with E-state index >= 15 is 0 Å². The first-order valence-electron chi connectivity index (χ1n) is 5.81. The fourth-order valence-electron chi connectivity index (χ4n) is 1.73. The minimum Gasteiger partial charge on any atom is -0.378 e. The molecule has 0 aromatic carbocycles. The van der Waals surface area contributed by atoms with Gasteiger partial charge < -0.3 is 15.4 Å². The lowest BCUT2D eigenvalue weighted by Crippen LogP contribution is -2.44. The van der Waals surface area contributed by atoms with E-state index in [9.17, 15) is 4.79 Å². The monoisotopic (exact) mass is 255 g/mol. The molecule has 1 amide bonds. The summed E-state index contributed by atoms with van der Waals surface area (Å²) in [6.45, 7) is 2.85. The molecule has 94 valence electrons. The van der Waals surface area contributed by atoms with Gasteiger partial charge in [-0.05, 0) is 0 Å². The molecule has 1 aliphatic rings. The molecule has 0 saturated carbocycles. The minimum atomic E-state index is 0.0737. The van der Waals surface area contributed by atoms with Crippen molar-refractivity contribution in [1.29, 1.82) is 0 Å². The average Bonchev–Trinajstić information content (AvgIpc) is 2.83. The molecule has 5 nitrogen and oxygen atoms in total. The van der Waals surface area contributed by atoms with Crippen molar-refractivity contribution in [3.8, 4) is 0 Å². The number of hydrogen-bond acceptors (Lipinski definition) is 5. The second kappa shape index (κ2) is 6.68. The molecule has 2 heterocycles. The zero-order chi connectivity index (χ0) is 11.9. The number of hydrogen-bond donors (Lipinski definition) is 2. The molecule has 0 aliphatic carbocycles. The lowest BCUT2D eigenvalue weighted by Gasteiger charge is -2.23. The van der Waals surface area contributed by atoms with Crippen LogP contribution in [0.2, 0.25) is 0 Å². The van der Waals surface area contributed by atoms with Crippen molar-refractivity contribution >= 4 is 17.2 Å². The number of amides is 1. The van der Waals surface area contributed by atoms with Crippen LogP contribution in [0.25, 0.3) is 0 Å². The molecule has 1 atom stereocenters. The number of aromatic nitrogens is 1. The summed E-state index contributed by atoms with van der Waals surface area (Å²) in [5.74, 6) is 0.0737. The van der Waals surface area contributed by atoms with Crippen LogP contribution in [0.1, 0.15) is 11.4 Å². The molecule has 17 heavy (non-hydrogen) atoms. The summed E-state index contributed by atoms with van der Waals surface area (Å²) in [4.78, 5) is 15.8. The van der Waals surface area contributed by atoms with Crippen molar-refractivity contribution in [2.45, 2.75) is 18.9 Å². The van der Waals surface area contributed by atoms with Crippen LogP contribution >= 0.6 is 11.3 Å². The second-order valence-corrected chi connectivity index (χ2v) is 4.93. The summed E-state index contributed by atoms with van der Waals surface area (Å²) in [5, 5.41) is 9.16. The normalized spacial score (nSPS) is 20.1. The third kappa shape index (κ3) is 4.41. The predicted molar refractivity (Wildman–Crippen MR) is 66.1 cm³/mol. The molecular weight excluding hydrogens is 238 g/mol. The number of carbonyl (C=O) groups excluding carboxylic acids is 1. The number of nitrogens with zero attached hydrogens (tertiary/aromatic N) is 1. The first kappa shape index (κ1) is 12.5. The van der Waals surface area contributed by atoms with Gasteiger partial charge >= 0.3 is 0 Å². The van der Waals surface area contributed by atoms with Gasteiger partial charge in [-0.15, -0.1) is 11.3 Å². The molecular formula is C11H17N3O2S. The number of nitrogens with one attached hydrogen (secondary N) is 2. The van der Waals surface area contributed by atoms with Crippen LogP contribution in [-0.2, 0) is 16.0 Å². The first-order chi connectivity index (χ1) is 8.34. The highest BCUT2D eigenvalue weighted by atomic mass is 32.1. The van der Waals surface area contributed by atoms with E-state index in [1.54, 1.807) is 17.5 Å². The fraction of sp³-hybridized carbons (Fsp3) is 0.636. The Balaban J connectivity index is 1.60. The number of ether oxygens (including phenoxy) is 1. The lowest BCUT2D eigenvalue weighted by atomic mass is 10.2. The van der Waals surface area contributed by atoms with Crippen molar-refractivity contribution in [3.05, 3.63) is 16.6 Å². The van der Waals surface area contributed by atoms with Crippen molar-refractivity contribution in [1.82, 2.24) is 15.6 Å². The van der Waals surface area contributed by atoms with Gasteiger partial charge in [-0.3, -0.25) is 4.79 Å². The van der Waals surface area contributed by atoms with Crippen LogP contribution in [0.15, 0.2) is 11.6 Å². The van der Waals surface area contributed by atoms with E-state index in [2.05, 4.69) is 15.6 Å². The molecule has 2 rings (SSSR count).